The number of fused-ring (bicyclic) bond motifs is 9. The summed E-state index contributed by atoms with van der Waals surface area (Å²) in [6, 6.07) is 108. The molecular formula is C84H61NO2. The topological polar surface area (TPSA) is 36.6 Å². The molecule has 14 aromatic rings. The van der Waals surface area contributed by atoms with Crippen LogP contribution in [0.25, 0.3) is 99.8 Å². The third-order valence-corrected chi connectivity index (χ3v) is 18.9. The van der Waals surface area contributed by atoms with Gasteiger partial charge in [0.15, 0.2) is 0 Å². The molecule has 0 atom stereocenters. The van der Waals surface area contributed by atoms with E-state index in [4.69, 9.17) is 4.42 Å². The summed E-state index contributed by atoms with van der Waals surface area (Å²) in [6.45, 7) is 7.48. The van der Waals surface area contributed by atoms with Crippen molar-refractivity contribution >= 4 is 33.3 Å². The smallest absolute Gasteiger partial charge is 0.136 e. The molecular weight excluding hydrogens is 1050 g/mol. The Hall–Kier alpha value is -10.7. The van der Waals surface area contributed by atoms with E-state index in [1.807, 2.05) is 12.1 Å². The van der Waals surface area contributed by atoms with Gasteiger partial charge in [-0.25, -0.2) is 0 Å². The number of hydrogen-bond donors (Lipinski definition) is 1. The molecule has 0 fully saturated rings. The average molecular weight is 1120 g/mol. The lowest BCUT2D eigenvalue weighted by molar-refractivity contribution is 0.477. The van der Waals surface area contributed by atoms with E-state index in [-0.39, 0.29) is 11.2 Å². The zero-order valence-electron chi connectivity index (χ0n) is 48.8. The minimum absolute atomic E-state index is 0.224. The first-order valence-electron chi connectivity index (χ1n) is 30.2. The number of para-hydroxylation sites is 2. The Kier molecular flexibility index (Phi) is 12.2. The molecule has 0 saturated carbocycles. The Morgan fingerprint density at radius 2 is 0.920 bits per heavy atom. The van der Waals surface area contributed by atoms with Gasteiger partial charge in [0, 0.05) is 50.8 Å². The van der Waals surface area contributed by atoms with Crippen LogP contribution in [0.5, 0.6) is 5.75 Å². The number of rotatable bonds is 11. The molecule has 3 heteroatoms. The second-order valence-electron chi connectivity index (χ2n) is 24.0. The molecule has 87 heavy (non-hydrogen) atoms. The van der Waals surface area contributed by atoms with E-state index < -0.39 is 5.41 Å². The molecule has 2 aliphatic carbocycles. The molecule has 0 radical (unpaired) electrons. The van der Waals surface area contributed by atoms with E-state index in [1.165, 1.54) is 72.3 Å². The summed E-state index contributed by atoms with van der Waals surface area (Å²) in [4.78, 5) is 2.53. The van der Waals surface area contributed by atoms with Crippen molar-refractivity contribution in [2.24, 2.45) is 0 Å². The molecule has 1 aromatic heterocycles. The standard InChI is InChI=1S/C84H61NO2/c1-54-38-48-65(80(78(54)68-30-15-19-36-75(68)86)59-45-49-64-63-28-13-17-32-70(63)83(2,3)73(64)52-59)66-50-51-77-82(69-31-16-20-37-76(69)87-77)79(66)58-43-46-62(47-44-58)85(53-55-39-41-57(42-40-55)56-22-7-4-8-23-56)74-35-21-34-72-81(74)67-29-14-18-33-71(67)84(72,60-24-9-5-10-25-60)61-26-11-6-12-27-61/h4-52,86H,53H2,1-3H3. The Morgan fingerprint density at radius 3 is 1.66 bits per heavy atom. The Balaban J connectivity index is 0.915. The van der Waals surface area contributed by atoms with Crippen LogP contribution in [0.2, 0.25) is 0 Å². The average Bonchev–Trinajstić information content (AvgIpc) is 1.59. The van der Waals surface area contributed by atoms with Gasteiger partial charge in [0.1, 0.15) is 16.9 Å². The second kappa shape index (κ2) is 20.5. The lowest BCUT2D eigenvalue weighted by atomic mass is 9.68. The van der Waals surface area contributed by atoms with Gasteiger partial charge in [0.2, 0.25) is 0 Å². The number of aromatic hydroxyl groups is 1. The van der Waals surface area contributed by atoms with Gasteiger partial charge in [-0.2, -0.15) is 0 Å². The highest BCUT2D eigenvalue weighted by Crippen LogP contribution is 2.60. The van der Waals surface area contributed by atoms with E-state index in [0.717, 1.165) is 83.4 Å². The minimum atomic E-state index is -0.561. The van der Waals surface area contributed by atoms with Crippen LogP contribution in [-0.2, 0) is 17.4 Å². The zero-order chi connectivity index (χ0) is 58.4. The molecule has 1 N–H and O–H groups in total. The van der Waals surface area contributed by atoms with Gasteiger partial charge in [0.25, 0.3) is 0 Å². The van der Waals surface area contributed by atoms with Crippen molar-refractivity contribution in [1.29, 1.82) is 0 Å². The van der Waals surface area contributed by atoms with Crippen molar-refractivity contribution in [3.8, 4) is 83.6 Å². The molecule has 0 amide bonds. The van der Waals surface area contributed by atoms with Crippen LogP contribution < -0.4 is 4.90 Å². The van der Waals surface area contributed by atoms with Gasteiger partial charge < -0.3 is 14.4 Å². The lowest BCUT2D eigenvalue weighted by Gasteiger charge is -2.34. The van der Waals surface area contributed by atoms with Gasteiger partial charge in [-0.05, 0) is 161 Å². The normalized spacial score (nSPS) is 13.3. The second-order valence-corrected chi connectivity index (χ2v) is 24.0. The molecule has 414 valence electrons. The minimum Gasteiger partial charge on any atom is -0.507 e. The summed E-state index contributed by atoms with van der Waals surface area (Å²) >= 11 is 0. The van der Waals surface area contributed by atoms with Crippen molar-refractivity contribution in [1.82, 2.24) is 0 Å². The SMILES string of the molecule is Cc1ccc(-c2ccc3oc4ccccc4c3c2-c2ccc(N(Cc3ccc(-c4ccccc4)cc3)c3cccc4c3-c3ccccc3C4(c3ccccc3)c3ccccc3)cc2)c(-c2ccc3c(c2)C(C)(C)c2ccccc2-3)c1-c1ccccc1O. The van der Waals surface area contributed by atoms with Crippen LogP contribution in [-0.4, -0.2) is 5.11 Å². The highest BCUT2D eigenvalue weighted by Gasteiger charge is 2.47. The van der Waals surface area contributed by atoms with Crippen molar-refractivity contribution in [2.75, 3.05) is 4.90 Å². The maximum atomic E-state index is 11.9. The molecule has 0 unspecified atom stereocenters. The Labute approximate surface area is 508 Å². The third kappa shape index (κ3) is 8.18. The van der Waals surface area contributed by atoms with E-state index >= 15 is 0 Å². The van der Waals surface area contributed by atoms with Crippen molar-refractivity contribution in [2.45, 2.75) is 38.1 Å². The maximum absolute atomic E-state index is 11.9. The number of benzene rings is 13. The highest BCUT2D eigenvalue weighted by atomic mass is 16.3. The predicted molar refractivity (Wildman–Crippen MR) is 361 cm³/mol. The molecule has 16 rings (SSSR count). The lowest BCUT2D eigenvalue weighted by Crippen LogP contribution is -2.28. The molecule has 0 spiro atoms. The summed E-state index contributed by atoms with van der Waals surface area (Å²) in [6.07, 6.45) is 0. The summed E-state index contributed by atoms with van der Waals surface area (Å²) in [7, 11) is 0. The fraction of sp³-hybridized carbons (Fsp3) is 0.0714. The summed E-state index contributed by atoms with van der Waals surface area (Å²) in [5, 5.41) is 14.0. The van der Waals surface area contributed by atoms with Gasteiger partial charge in [-0.1, -0.05) is 263 Å². The van der Waals surface area contributed by atoms with Crippen LogP contribution in [0.1, 0.15) is 58.4 Å². The molecule has 0 saturated heterocycles. The molecule has 0 bridgehead atoms. The molecule has 0 aliphatic heterocycles. The number of phenols is 1. The number of furan rings is 1. The van der Waals surface area contributed by atoms with Gasteiger partial charge in [0.05, 0.1) is 5.41 Å². The Morgan fingerprint density at radius 1 is 0.368 bits per heavy atom. The number of phenolic OH excluding ortho intramolecular Hbond substituents is 1. The van der Waals surface area contributed by atoms with Gasteiger partial charge in [-0.3, -0.25) is 0 Å². The zero-order valence-corrected chi connectivity index (χ0v) is 48.8. The highest BCUT2D eigenvalue weighted by molar-refractivity contribution is 6.17. The van der Waals surface area contributed by atoms with Crippen LogP contribution in [0.4, 0.5) is 11.4 Å². The van der Waals surface area contributed by atoms with Crippen LogP contribution >= 0.6 is 0 Å². The van der Waals surface area contributed by atoms with Crippen molar-refractivity contribution in [3.05, 3.63) is 342 Å². The largest absolute Gasteiger partial charge is 0.507 e. The van der Waals surface area contributed by atoms with Crippen molar-refractivity contribution < 1.29 is 9.52 Å². The van der Waals surface area contributed by atoms with E-state index in [0.29, 0.717) is 6.54 Å². The molecule has 1 heterocycles. The number of anilines is 2. The number of hydrogen-bond acceptors (Lipinski definition) is 3. The summed E-state index contributed by atoms with van der Waals surface area (Å²) in [5.41, 5.74) is 28.6. The fourth-order valence-electron chi connectivity index (χ4n) is 14.9. The number of nitrogens with zero attached hydrogens (tertiary/aromatic N) is 1. The first-order chi connectivity index (χ1) is 42.8. The third-order valence-electron chi connectivity index (χ3n) is 18.9. The predicted octanol–water partition coefficient (Wildman–Crippen LogP) is 21.9. The van der Waals surface area contributed by atoms with Crippen LogP contribution in [0.15, 0.2) is 302 Å². The molecule has 2 aliphatic rings. The van der Waals surface area contributed by atoms with Crippen molar-refractivity contribution in [3.63, 3.8) is 0 Å². The summed E-state index contributed by atoms with van der Waals surface area (Å²) < 4.78 is 6.79. The molecule has 3 nitrogen and oxygen atoms in total. The Bertz CT molecular complexity index is 4940. The van der Waals surface area contributed by atoms with Crippen LogP contribution in [0.3, 0.4) is 0 Å². The number of aryl methyl sites for hydroxylation is 1. The van der Waals surface area contributed by atoms with Gasteiger partial charge in [-0.15, -0.1) is 0 Å². The van der Waals surface area contributed by atoms with E-state index in [9.17, 15) is 5.11 Å². The molecule has 13 aromatic carbocycles. The first kappa shape index (κ1) is 51.9. The summed E-state index contributed by atoms with van der Waals surface area (Å²) in [5.74, 6) is 0.245. The fourth-order valence-corrected chi connectivity index (χ4v) is 14.9. The van der Waals surface area contributed by atoms with E-state index in [1.54, 1.807) is 6.07 Å². The van der Waals surface area contributed by atoms with Gasteiger partial charge >= 0.3 is 0 Å². The monoisotopic (exact) mass is 1120 g/mol. The first-order valence-corrected chi connectivity index (χ1v) is 30.2. The maximum Gasteiger partial charge on any atom is 0.136 e. The quantitative estimate of drug-likeness (QED) is 0.140. The van der Waals surface area contributed by atoms with Crippen LogP contribution in [0, 0.1) is 6.92 Å². The van der Waals surface area contributed by atoms with E-state index in [2.05, 4.69) is 305 Å².